The van der Waals surface area contributed by atoms with E-state index in [-0.39, 0.29) is 17.2 Å². The Bertz CT molecular complexity index is 603. The molecule has 1 unspecified atom stereocenters. The topological polar surface area (TPSA) is 83.5 Å². The molecule has 1 atom stereocenters. The van der Waals surface area contributed by atoms with Gasteiger partial charge in [0.25, 0.3) is 0 Å². The Kier molecular flexibility index (Phi) is 6.00. The van der Waals surface area contributed by atoms with Gasteiger partial charge >= 0.3 is 5.97 Å². The second-order valence-electron chi connectivity index (χ2n) is 4.65. The Morgan fingerprint density at radius 3 is 2.50 bits per heavy atom. The minimum absolute atomic E-state index is 0.0322. The lowest BCUT2D eigenvalue weighted by molar-refractivity contribution is -0.137. The zero-order chi connectivity index (χ0) is 15.5. The van der Waals surface area contributed by atoms with Crippen LogP contribution in [0.15, 0.2) is 27.6 Å². The molecule has 20 heavy (non-hydrogen) atoms. The largest absolute Gasteiger partial charge is 0.481 e. The lowest BCUT2D eigenvalue weighted by atomic mass is 10.0. The van der Waals surface area contributed by atoms with Crippen LogP contribution in [-0.2, 0) is 14.8 Å². The first kappa shape index (κ1) is 17.4. The van der Waals surface area contributed by atoms with E-state index in [1.54, 1.807) is 13.8 Å². The van der Waals surface area contributed by atoms with Crippen LogP contribution in [0.2, 0.25) is 5.02 Å². The van der Waals surface area contributed by atoms with Crippen LogP contribution >= 0.6 is 27.5 Å². The maximum atomic E-state index is 12.2. The SMILES string of the molecule is CC(C)C(CC(=O)O)NS(=O)(=O)c1ccc(Cl)c(Br)c1. The molecule has 0 heterocycles. The first-order chi connectivity index (χ1) is 9.13. The molecule has 0 aliphatic carbocycles. The number of benzene rings is 1. The number of hydrogen-bond acceptors (Lipinski definition) is 3. The summed E-state index contributed by atoms with van der Waals surface area (Å²) in [7, 11) is -3.79. The van der Waals surface area contributed by atoms with Crippen LogP contribution < -0.4 is 4.72 Å². The van der Waals surface area contributed by atoms with Gasteiger partial charge < -0.3 is 5.11 Å². The Morgan fingerprint density at radius 1 is 1.45 bits per heavy atom. The summed E-state index contributed by atoms with van der Waals surface area (Å²) in [5.74, 6) is -1.19. The van der Waals surface area contributed by atoms with E-state index in [4.69, 9.17) is 16.7 Å². The molecule has 0 spiro atoms. The average Bonchev–Trinajstić information content (AvgIpc) is 2.30. The fraction of sp³-hybridized carbons (Fsp3) is 0.417. The van der Waals surface area contributed by atoms with E-state index in [0.717, 1.165) is 0 Å². The monoisotopic (exact) mass is 383 g/mol. The van der Waals surface area contributed by atoms with Crippen molar-refractivity contribution in [2.24, 2.45) is 5.92 Å². The minimum Gasteiger partial charge on any atom is -0.481 e. The van der Waals surface area contributed by atoms with Crippen molar-refractivity contribution in [2.75, 3.05) is 0 Å². The number of halogens is 2. The standard InChI is InChI=1S/C12H15BrClNO4S/c1-7(2)11(6-12(16)17)15-20(18,19)8-3-4-10(14)9(13)5-8/h3-5,7,11,15H,6H2,1-2H3,(H,16,17). The van der Waals surface area contributed by atoms with Crippen molar-refractivity contribution in [1.29, 1.82) is 0 Å². The predicted molar refractivity (Wildman–Crippen MR) is 80.4 cm³/mol. The fourth-order valence-corrected chi connectivity index (χ4v) is 3.57. The van der Waals surface area contributed by atoms with Crippen LogP contribution in [0.3, 0.4) is 0 Å². The molecule has 0 bridgehead atoms. The second kappa shape index (κ2) is 6.89. The van der Waals surface area contributed by atoms with Gasteiger partial charge in [0.05, 0.1) is 16.3 Å². The average molecular weight is 385 g/mol. The zero-order valence-corrected chi connectivity index (χ0v) is 14.1. The summed E-state index contributed by atoms with van der Waals surface area (Å²) >= 11 is 8.97. The van der Waals surface area contributed by atoms with E-state index >= 15 is 0 Å². The molecule has 0 aliphatic heterocycles. The fourth-order valence-electron chi connectivity index (χ4n) is 1.51. The van der Waals surface area contributed by atoms with Crippen LogP contribution in [0.4, 0.5) is 0 Å². The summed E-state index contributed by atoms with van der Waals surface area (Å²) < 4.78 is 27.3. The molecule has 112 valence electrons. The summed E-state index contributed by atoms with van der Waals surface area (Å²) in [6, 6.07) is 3.53. The van der Waals surface area contributed by atoms with E-state index in [9.17, 15) is 13.2 Å². The van der Waals surface area contributed by atoms with E-state index in [2.05, 4.69) is 20.7 Å². The van der Waals surface area contributed by atoms with Crippen LogP contribution in [0.25, 0.3) is 0 Å². The summed E-state index contributed by atoms with van der Waals surface area (Å²) in [5, 5.41) is 9.22. The molecule has 0 aliphatic rings. The lowest BCUT2D eigenvalue weighted by Gasteiger charge is -2.20. The molecule has 1 rings (SSSR count). The zero-order valence-electron chi connectivity index (χ0n) is 10.9. The first-order valence-corrected chi connectivity index (χ1v) is 8.48. The predicted octanol–water partition coefficient (Wildman–Crippen LogP) is 2.88. The van der Waals surface area contributed by atoms with Crippen molar-refractivity contribution >= 4 is 43.5 Å². The summed E-state index contributed by atoms with van der Waals surface area (Å²) in [6.45, 7) is 3.52. The van der Waals surface area contributed by atoms with E-state index < -0.39 is 22.0 Å². The molecule has 0 saturated carbocycles. The van der Waals surface area contributed by atoms with Gasteiger partial charge in [0, 0.05) is 10.5 Å². The molecule has 5 nitrogen and oxygen atoms in total. The third kappa shape index (κ3) is 4.73. The summed E-state index contributed by atoms with van der Waals surface area (Å²) in [6.07, 6.45) is -0.272. The number of carbonyl (C=O) groups is 1. The maximum Gasteiger partial charge on any atom is 0.304 e. The third-order valence-corrected chi connectivity index (χ3v) is 5.41. The van der Waals surface area contributed by atoms with E-state index in [0.29, 0.717) is 9.50 Å². The highest BCUT2D eigenvalue weighted by molar-refractivity contribution is 9.10. The van der Waals surface area contributed by atoms with Crippen molar-refractivity contribution < 1.29 is 18.3 Å². The Labute approximate surface area is 131 Å². The Balaban J connectivity index is 3.03. The van der Waals surface area contributed by atoms with Crippen molar-refractivity contribution in [1.82, 2.24) is 4.72 Å². The van der Waals surface area contributed by atoms with Crippen molar-refractivity contribution in [3.8, 4) is 0 Å². The number of hydrogen-bond donors (Lipinski definition) is 2. The summed E-state index contributed by atoms with van der Waals surface area (Å²) in [4.78, 5) is 10.8. The van der Waals surface area contributed by atoms with Crippen molar-refractivity contribution in [2.45, 2.75) is 31.2 Å². The highest BCUT2D eigenvalue weighted by atomic mass is 79.9. The summed E-state index contributed by atoms with van der Waals surface area (Å²) in [5.41, 5.74) is 0. The maximum absolute atomic E-state index is 12.2. The van der Waals surface area contributed by atoms with Gasteiger partial charge in [-0.25, -0.2) is 13.1 Å². The van der Waals surface area contributed by atoms with E-state index in [1.165, 1.54) is 18.2 Å². The van der Waals surface area contributed by atoms with Crippen LogP contribution in [0.5, 0.6) is 0 Å². The van der Waals surface area contributed by atoms with Crippen LogP contribution in [-0.4, -0.2) is 25.5 Å². The number of carboxylic acids is 1. The highest BCUT2D eigenvalue weighted by Crippen LogP contribution is 2.25. The normalized spacial score (nSPS) is 13.4. The van der Waals surface area contributed by atoms with Crippen molar-refractivity contribution in [3.63, 3.8) is 0 Å². The molecular formula is C12H15BrClNO4S. The quantitative estimate of drug-likeness (QED) is 0.790. The lowest BCUT2D eigenvalue weighted by Crippen LogP contribution is -2.40. The number of sulfonamides is 1. The van der Waals surface area contributed by atoms with Crippen LogP contribution in [0.1, 0.15) is 20.3 Å². The van der Waals surface area contributed by atoms with Crippen LogP contribution in [0, 0.1) is 5.92 Å². The van der Waals surface area contributed by atoms with Gasteiger partial charge in [-0.2, -0.15) is 0 Å². The molecule has 0 fully saturated rings. The molecule has 0 radical (unpaired) electrons. The molecule has 8 heteroatoms. The van der Waals surface area contributed by atoms with Gasteiger partial charge in [-0.05, 0) is 40.0 Å². The smallest absolute Gasteiger partial charge is 0.304 e. The van der Waals surface area contributed by atoms with E-state index in [1.807, 2.05) is 0 Å². The highest BCUT2D eigenvalue weighted by Gasteiger charge is 2.24. The number of aliphatic carboxylic acids is 1. The van der Waals surface area contributed by atoms with Gasteiger partial charge in [-0.15, -0.1) is 0 Å². The van der Waals surface area contributed by atoms with Gasteiger partial charge in [0.15, 0.2) is 0 Å². The molecule has 0 saturated heterocycles. The molecular weight excluding hydrogens is 370 g/mol. The molecule has 2 N–H and O–H groups in total. The Morgan fingerprint density at radius 2 is 2.05 bits per heavy atom. The Hall–Kier alpha value is -0.630. The van der Waals surface area contributed by atoms with Gasteiger partial charge in [0.2, 0.25) is 10.0 Å². The molecule has 1 aromatic rings. The number of carboxylic acid groups (broad SMARTS) is 1. The first-order valence-electron chi connectivity index (χ1n) is 5.82. The number of rotatable bonds is 6. The number of nitrogens with one attached hydrogen (secondary N) is 1. The third-order valence-electron chi connectivity index (χ3n) is 2.71. The second-order valence-corrected chi connectivity index (χ2v) is 7.62. The van der Waals surface area contributed by atoms with Gasteiger partial charge in [-0.1, -0.05) is 25.4 Å². The molecule has 0 amide bonds. The van der Waals surface area contributed by atoms with Crippen molar-refractivity contribution in [3.05, 3.63) is 27.7 Å². The molecule has 0 aromatic heterocycles. The van der Waals surface area contributed by atoms with Gasteiger partial charge in [0.1, 0.15) is 0 Å². The minimum atomic E-state index is -3.79. The molecule has 1 aromatic carbocycles. The van der Waals surface area contributed by atoms with Gasteiger partial charge in [-0.3, -0.25) is 4.79 Å².